The average molecular weight is 282 g/mol. The molecule has 0 fully saturated rings. The van der Waals surface area contributed by atoms with Gasteiger partial charge in [0.2, 0.25) is 0 Å². The van der Waals surface area contributed by atoms with Crippen LogP contribution >= 0.6 is 0 Å². The number of hydrogen-bond donors (Lipinski definition) is 2. The number of methoxy groups -OCH3 is 2. The van der Waals surface area contributed by atoms with Crippen molar-refractivity contribution in [3.8, 4) is 11.5 Å². The second-order valence-corrected chi connectivity index (χ2v) is 4.37. The molecule has 1 atom stereocenters. The van der Waals surface area contributed by atoms with E-state index < -0.39 is 0 Å². The van der Waals surface area contributed by atoms with Crippen LogP contribution in [-0.4, -0.2) is 39.4 Å². The Morgan fingerprint density at radius 1 is 1.40 bits per heavy atom. The summed E-state index contributed by atoms with van der Waals surface area (Å²) in [5.41, 5.74) is 6.44. The molecule has 0 aliphatic carbocycles. The zero-order chi connectivity index (χ0) is 15.0. The van der Waals surface area contributed by atoms with Crippen LogP contribution in [0.2, 0.25) is 0 Å². The van der Waals surface area contributed by atoms with E-state index in [2.05, 4.69) is 5.32 Å². The predicted molar refractivity (Wildman–Crippen MR) is 75.9 cm³/mol. The van der Waals surface area contributed by atoms with Crippen molar-refractivity contribution in [2.24, 2.45) is 5.73 Å². The Hall–Kier alpha value is -1.79. The van der Waals surface area contributed by atoms with Crippen molar-refractivity contribution >= 4 is 5.91 Å². The van der Waals surface area contributed by atoms with Crippen LogP contribution in [-0.2, 0) is 16.1 Å². The predicted octanol–water partition coefficient (Wildman–Crippen LogP) is 0.684. The van der Waals surface area contributed by atoms with Crippen molar-refractivity contribution in [3.63, 3.8) is 0 Å². The van der Waals surface area contributed by atoms with Gasteiger partial charge in [0, 0.05) is 25.3 Å². The molecule has 0 bridgehead atoms. The second-order valence-electron chi connectivity index (χ2n) is 4.37. The number of benzene rings is 1. The number of para-hydroxylation sites is 1. The summed E-state index contributed by atoms with van der Waals surface area (Å²) < 4.78 is 15.7. The summed E-state index contributed by atoms with van der Waals surface area (Å²) in [7, 11) is 3.13. The average Bonchev–Trinajstić information content (AvgIpc) is 2.44. The molecule has 0 aromatic heterocycles. The first-order valence-corrected chi connectivity index (χ1v) is 6.39. The Labute approximate surface area is 119 Å². The highest BCUT2D eigenvalue weighted by Gasteiger charge is 2.13. The van der Waals surface area contributed by atoms with E-state index >= 15 is 0 Å². The number of nitrogens with one attached hydrogen (secondary N) is 1. The van der Waals surface area contributed by atoms with Gasteiger partial charge in [-0.1, -0.05) is 12.1 Å². The minimum Gasteiger partial charge on any atom is -0.493 e. The van der Waals surface area contributed by atoms with Crippen LogP contribution in [0.4, 0.5) is 0 Å². The monoisotopic (exact) mass is 282 g/mol. The number of hydrogen-bond acceptors (Lipinski definition) is 5. The Kier molecular flexibility index (Phi) is 6.83. The minimum atomic E-state index is -0.219. The maximum Gasteiger partial charge on any atom is 0.258 e. The summed E-state index contributed by atoms with van der Waals surface area (Å²) in [5, 5.41) is 2.77. The van der Waals surface area contributed by atoms with Crippen LogP contribution in [0.5, 0.6) is 11.5 Å². The molecule has 6 heteroatoms. The Bertz CT molecular complexity index is 415. The smallest absolute Gasteiger partial charge is 0.258 e. The number of carbonyl (C=O) groups excluding carboxylic acids is 1. The fraction of sp³-hybridized carbons (Fsp3) is 0.500. The van der Waals surface area contributed by atoms with Crippen LogP contribution in [0.3, 0.4) is 0 Å². The van der Waals surface area contributed by atoms with E-state index in [1.54, 1.807) is 20.3 Å². The van der Waals surface area contributed by atoms with Crippen molar-refractivity contribution in [2.75, 3.05) is 27.4 Å². The lowest BCUT2D eigenvalue weighted by molar-refractivity contribution is -0.124. The molecule has 0 aliphatic heterocycles. The number of nitrogens with two attached hydrogens (primary N) is 1. The van der Waals surface area contributed by atoms with E-state index in [0.717, 1.165) is 5.56 Å². The molecule has 0 saturated heterocycles. The lowest BCUT2D eigenvalue weighted by Crippen LogP contribution is -2.38. The van der Waals surface area contributed by atoms with Crippen LogP contribution < -0.4 is 20.5 Å². The molecule has 1 amide bonds. The number of carbonyl (C=O) groups is 1. The molecule has 6 nitrogen and oxygen atoms in total. The zero-order valence-corrected chi connectivity index (χ0v) is 12.1. The molecule has 1 aromatic carbocycles. The second kappa shape index (κ2) is 8.39. The third-order valence-corrected chi connectivity index (χ3v) is 2.67. The number of rotatable bonds is 8. The van der Waals surface area contributed by atoms with Gasteiger partial charge in [-0.25, -0.2) is 0 Å². The van der Waals surface area contributed by atoms with Gasteiger partial charge in [-0.2, -0.15) is 0 Å². The van der Waals surface area contributed by atoms with Crippen LogP contribution in [0.1, 0.15) is 12.5 Å². The summed E-state index contributed by atoms with van der Waals surface area (Å²) in [5.74, 6) is 0.848. The highest BCUT2D eigenvalue weighted by Crippen LogP contribution is 2.30. The highest BCUT2D eigenvalue weighted by molar-refractivity contribution is 5.78. The van der Waals surface area contributed by atoms with E-state index in [1.807, 2.05) is 19.1 Å². The molecular weight excluding hydrogens is 260 g/mol. The Morgan fingerprint density at radius 2 is 2.15 bits per heavy atom. The first-order valence-electron chi connectivity index (χ1n) is 6.39. The standard InChI is InChI=1S/C14H22N2O4/c1-10(8-18-2)16-13(17)9-20-14-11(7-15)5-4-6-12(14)19-3/h4-6,10H,7-9,15H2,1-3H3,(H,16,17). The van der Waals surface area contributed by atoms with Gasteiger partial charge in [0.05, 0.1) is 13.7 Å². The van der Waals surface area contributed by atoms with E-state index in [0.29, 0.717) is 24.7 Å². The number of amides is 1. The SMILES string of the molecule is COCC(C)NC(=O)COc1c(CN)cccc1OC. The first kappa shape index (κ1) is 16.3. The van der Waals surface area contributed by atoms with E-state index in [-0.39, 0.29) is 18.6 Å². The van der Waals surface area contributed by atoms with Gasteiger partial charge in [-0.3, -0.25) is 4.79 Å². The maximum atomic E-state index is 11.7. The van der Waals surface area contributed by atoms with Gasteiger partial charge in [0.25, 0.3) is 5.91 Å². The van der Waals surface area contributed by atoms with Crippen LogP contribution in [0.15, 0.2) is 18.2 Å². The quantitative estimate of drug-likeness (QED) is 0.733. The molecule has 1 aromatic rings. The molecule has 3 N–H and O–H groups in total. The highest BCUT2D eigenvalue weighted by atomic mass is 16.5. The van der Waals surface area contributed by atoms with E-state index in [4.69, 9.17) is 19.9 Å². The normalized spacial score (nSPS) is 11.8. The van der Waals surface area contributed by atoms with Crippen molar-refractivity contribution in [1.29, 1.82) is 0 Å². The van der Waals surface area contributed by atoms with E-state index in [1.165, 1.54) is 0 Å². The zero-order valence-electron chi connectivity index (χ0n) is 12.1. The molecule has 1 rings (SSSR count). The Morgan fingerprint density at radius 3 is 2.75 bits per heavy atom. The van der Waals surface area contributed by atoms with Gasteiger partial charge in [0.15, 0.2) is 18.1 Å². The number of ether oxygens (including phenoxy) is 3. The van der Waals surface area contributed by atoms with Crippen molar-refractivity contribution in [2.45, 2.75) is 19.5 Å². The van der Waals surface area contributed by atoms with Crippen molar-refractivity contribution in [3.05, 3.63) is 23.8 Å². The summed E-state index contributed by atoms with van der Waals surface area (Å²) in [6.07, 6.45) is 0. The van der Waals surface area contributed by atoms with Crippen LogP contribution in [0.25, 0.3) is 0 Å². The summed E-state index contributed by atoms with van der Waals surface area (Å²) in [4.78, 5) is 11.7. The minimum absolute atomic E-state index is 0.0669. The maximum absolute atomic E-state index is 11.7. The first-order chi connectivity index (χ1) is 9.62. The van der Waals surface area contributed by atoms with Gasteiger partial charge in [0.1, 0.15) is 0 Å². The molecule has 0 heterocycles. The summed E-state index contributed by atoms with van der Waals surface area (Å²) >= 11 is 0. The fourth-order valence-electron chi connectivity index (χ4n) is 1.79. The van der Waals surface area contributed by atoms with Crippen molar-refractivity contribution < 1.29 is 19.0 Å². The molecule has 0 saturated carbocycles. The van der Waals surface area contributed by atoms with E-state index in [9.17, 15) is 4.79 Å². The summed E-state index contributed by atoms with van der Waals surface area (Å²) in [6, 6.07) is 5.36. The summed E-state index contributed by atoms with van der Waals surface area (Å²) in [6.45, 7) is 2.53. The lowest BCUT2D eigenvalue weighted by atomic mass is 10.2. The Balaban J connectivity index is 2.63. The molecule has 112 valence electrons. The largest absolute Gasteiger partial charge is 0.493 e. The van der Waals surface area contributed by atoms with Gasteiger partial charge < -0.3 is 25.3 Å². The van der Waals surface area contributed by atoms with Crippen molar-refractivity contribution in [1.82, 2.24) is 5.32 Å². The molecule has 0 aliphatic rings. The van der Waals surface area contributed by atoms with Gasteiger partial charge >= 0.3 is 0 Å². The molecule has 1 unspecified atom stereocenters. The molecule has 0 spiro atoms. The fourth-order valence-corrected chi connectivity index (χ4v) is 1.79. The van der Waals surface area contributed by atoms with Gasteiger partial charge in [-0.05, 0) is 13.0 Å². The van der Waals surface area contributed by atoms with Crippen LogP contribution in [0, 0.1) is 0 Å². The molecular formula is C14H22N2O4. The molecule has 20 heavy (non-hydrogen) atoms. The topological polar surface area (TPSA) is 82.8 Å². The molecule has 0 radical (unpaired) electrons. The third kappa shape index (κ3) is 4.71. The lowest BCUT2D eigenvalue weighted by Gasteiger charge is -2.16. The third-order valence-electron chi connectivity index (χ3n) is 2.67. The van der Waals surface area contributed by atoms with Gasteiger partial charge in [-0.15, -0.1) is 0 Å².